The number of aliphatic hydroxyl groups excluding tert-OH is 1. The van der Waals surface area contributed by atoms with E-state index in [-0.39, 0.29) is 25.7 Å². The van der Waals surface area contributed by atoms with E-state index in [0.717, 1.165) is 135 Å². The second-order valence-corrected chi connectivity index (χ2v) is 28.1. The molecular weight excluding hydrogens is 1230 g/mol. The fourth-order valence-electron chi connectivity index (χ4n) is 10.3. The number of ether oxygens (including phenoxy) is 4. The Balaban J connectivity index is 5.28. The van der Waals surface area contributed by atoms with Crippen LogP contribution in [0.1, 0.15) is 336 Å². The van der Waals surface area contributed by atoms with Crippen molar-refractivity contribution in [2.24, 2.45) is 0 Å². The van der Waals surface area contributed by atoms with Crippen LogP contribution >= 0.6 is 15.6 Å². The molecule has 0 spiro atoms. The van der Waals surface area contributed by atoms with Crippen molar-refractivity contribution in [2.75, 3.05) is 39.6 Å². The predicted molar refractivity (Wildman–Crippen MR) is 381 cm³/mol. The van der Waals surface area contributed by atoms with Gasteiger partial charge in [-0.05, 0) is 83.5 Å². The van der Waals surface area contributed by atoms with Gasteiger partial charge >= 0.3 is 39.5 Å². The largest absolute Gasteiger partial charge is 0.472 e. The average molecular weight is 1370 g/mol. The lowest BCUT2D eigenvalue weighted by molar-refractivity contribution is -0.161. The Bertz CT molecular complexity index is 2030. The number of carbonyl (C=O) groups is 4. The Morgan fingerprint density at radius 3 is 0.894 bits per heavy atom. The molecule has 0 aliphatic rings. The standard InChI is InChI=1S/C75H136O17P2/c1-5-9-13-17-21-25-29-31-33-34-36-38-42-44-48-52-56-60-73(78)86-66-71(92-75(80)62-58-54-50-46-40-28-24-20-16-12-8-4)68-90-94(83,84)88-64-69(76)63-87-93(81,82)89-67-70(91-74(79)61-57-53-49-45-39-27-23-19-15-11-7-3)65-85-72(77)59-55-51-47-43-41-37-35-32-30-26-22-18-14-10-6-2/h9,13,19,21,23,25,31,33,36,38,69-71,76H,5-8,10-12,14-18,20,22,24,26-30,32,34-35,37,39-68H2,1-4H3,(H,81,82)(H,83,84)/b13-9-,23-19-,25-21-,33-31-,38-36-. The predicted octanol–water partition coefficient (Wildman–Crippen LogP) is 21.1. The number of hydrogen-bond donors (Lipinski definition) is 3. The topological polar surface area (TPSA) is 237 Å². The zero-order chi connectivity index (χ0) is 69.0. The van der Waals surface area contributed by atoms with Gasteiger partial charge in [0.2, 0.25) is 0 Å². The molecule has 0 aromatic rings. The number of carbonyl (C=O) groups excluding carboxylic acids is 4. The molecule has 5 unspecified atom stereocenters. The molecule has 0 saturated carbocycles. The van der Waals surface area contributed by atoms with Gasteiger partial charge in [-0.15, -0.1) is 0 Å². The van der Waals surface area contributed by atoms with Gasteiger partial charge in [0.15, 0.2) is 12.2 Å². The molecule has 0 saturated heterocycles. The summed E-state index contributed by atoms with van der Waals surface area (Å²) in [5.41, 5.74) is 0. The van der Waals surface area contributed by atoms with Crippen molar-refractivity contribution in [1.29, 1.82) is 0 Å². The lowest BCUT2D eigenvalue weighted by atomic mass is 10.0. The third-order valence-corrected chi connectivity index (χ3v) is 17.9. The van der Waals surface area contributed by atoms with Crippen molar-refractivity contribution in [1.82, 2.24) is 0 Å². The molecule has 0 amide bonds. The summed E-state index contributed by atoms with van der Waals surface area (Å²) in [6.45, 7) is 4.72. The van der Waals surface area contributed by atoms with Crippen LogP contribution in [0.15, 0.2) is 60.8 Å². The monoisotopic (exact) mass is 1370 g/mol. The summed E-state index contributed by atoms with van der Waals surface area (Å²) in [4.78, 5) is 72.7. The van der Waals surface area contributed by atoms with Gasteiger partial charge in [-0.2, -0.15) is 0 Å². The lowest BCUT2D eigenvalue weighted by Crippen LogP contribution is -2.30. The Morgan fingerprint density at radius 2 is 0.564 bits per heavy atom. The molecule has 17 nitrogen and oxygen atoms in total. The number of phosphoric acid groups is 2. The summed E-state index contributed by atoms with van der Waals surface area (Å²) in [6, 6.07) is 0. The molecular formula is C75H136O17P2. The maximum atomic E-state index is 13.0. The van der Waals surface area contributed by atoms with Gasteiger partial charge in [-0.25, -0.2) is 9.13 Å². The van der Waals surface area contributed by atoms with Crippen molar-refractivity contribution in [2.45, 2.75) is 354 Å². The molecule has 19 heteroatoms. The molecule has 0 rings (SSSR count). The van der Waals surface area contributed by atoms with E-state index in [4.69, 9.17) is 37.0 Å². The number of hydrogen-bond acceptors (Lipinski definition) is 15. The van der Waals surface area contributed by atoms with Gasteiger partial charge in [0.1, 0.15) is 19.3 Å². The van der Waals surface area contributed by atoms with Crippen LogP contribution in [0.25, 0.3) is 0 Å². The first-order chi connectivity index (χ1) is 45.7. The van der Waals surface area contributed by atoms with E-state index in [1.54, 1.807) is 0 Å². The fraction of sp³-hybridized carbons (Fsp3) is 0.813. The summed E-state index contributed by atoms with van der Waals surface area (Å²) in [6.07, 6.45) is 65.1. The van der Waals surface area contributed by atoms with Crippen LogP contribution in [0.4, 0.5) is 0 Å². The first kappa shape index (κ1) is 90.8. The number of allylic oxidation sites excluding steroid dienone is 10. The number of unbranched alkanes of at least 4 members (excludes halogenated alkanes) is 35. The fourth-order valence-corrected chi connectivity index (χ4v) is 11.8. The zero-order valence-electron chi connectivity index (χ0n) is 59.6. The van der Waals surface area contributed by atoms with Crippen LogP contribution in [0, 0.1) is 0 Å². The maximum Gasteiger partial charge on any atom is 0.472 e. The number of rotatable bonds is 71. The van der Waals surface area contributed by atoms with Gasteiger partial charge in [-0.1, -0.05) is 288 Å². The Labute approximate surface area is 571 Å². The Morgan fingerprint density at radius 1 is 0.309 bits per heavy atom. The van der Waals surface area contributed by atoms with Gasteiger partial charge in [0.25, 0.3) is 0 Å². The van der Waals surface area contributed by atoms with E-state index < -0.39 is 97.5 Å². The molecule has 0 heterocycles. The van der Waals surface area contributed by atoms with Crippen molar-refractivity contribution in [3.05, 3.63) is 60.8 Å². The molecule has 3 N–H and O–H groups in total. The zero-order valence-corrected chi connectivity index (χ0v) is 61.4. The van der Waals surface area contributed by atoms with Crippen LogP contribution in [0.2, 0.25) is 0 Å². The van der Waals surface area contributed by atoms with Gasteiger partial charge in [0, 0.05) is 25.7 Å². The minimum atomic E-state index is -4.97. The van der Waals surface area contributed by atoms with Crippen molar-refractivity contribution >= 4 is 39.5 Å². The smallest absolute Gasteiger partial charge is 0.462 e. The summed E-state index contributed by atoms with van der Waals surface area (Å²) in [5, 5.41) is 10.6. The van der Waals surface area contributed by atoms with E-state index in [2.05, 4.69) is 88.5 Å². The SMILES string of the molecule is CC/C=C\C/C=C\C/C=C\C/C=C\CCCCCCC(=O)OCC(COP(=O)(O)OCC(O)COP(=O)(O)OCC(COC(=O)CCCCCCCCCCCCCCCCC)OC(=O)CCCCCCC/C=C\CCCC)OC(=O)CCCCCCCCCCCCC. The summed E-state index contributed by atoms with van der Waals surface area (Å²) >= 11 is 0. The van der Waals surface area contributed by atoms with E-state index in [1.807, 2.05) is 0 Å². The summed E-state index contributed by atoms with van der Waals surface area (Å²) in [7, 11) is -9.93. The molecule has 0 radical (unpaired) electrons. The van der Waals surface area contributed by atoms with Crippen LogP contribution < -0.4 is 0 Å². The summed E-state index contributed by atoms with van der Waals surface area (Å²) in [5.74, 6) is -2.18. The Kier molecular flexibility index (Phi) is 65.9. The van der Waals surface area contributed by atoms with Gasteiger partial charge in [0.05, 0.1) is 26.4 Å². The highest BCUT2D eigenvalue weighted by Gasteiger charge is 2.30. The third-order valence-electron chi connectivity index (χ3n) is 16.0. The molecule has 548 valence electrons. The average Bonchev–Trinajstić information content (AvgIpc) is 1.32. The lowest BCUT2D eigenvalue weighted by Gasteiger charge is -2.21. The molecule has 0 aliphatic heterocycles. The van der Waals surface area contributed by atoms with E-state index >= 15 is 0 Å². The minimum absolute atomic E-state index is 0.0897. The van der Waals surface area contributed by atoms with E-state index in [0.29, 0.717) is 25.7 Å². The normalized spacial score (nSPS) is 14.3. The Hall–Kier alpha value is -3.24. The first-order valence-electron chi connectivity index (χ1n) is 37.5. The van der Waals surface area contributed by atoms with Gasteiger partial charge in [-0.3, -0.25) is 37.3 Å². The molecule has 0 bridgehead atoms. The van der Waals surface area contributed by atoms with E-state index in [9.17, 15) is 43.2 Å². The molecule has 0 aromatic heterocycles. The van der Waals surface area contributed by atoms with Crippen molar-refractivity contribution in [3.8, 4) is 0 Å². The van der Waals surface area contributed by atoms with Crippen LogP contribution in [0.5, 0.6) is 0 Å². The number of esters is 4. The highest BCUT2D eigenvalue weighted by Crippen LogP contribution is 2.45. The second kappa shape index (κ2) is 68.3. The van der Waals surface area contributed by atoms with E-state index in [1.165, 1.54) is 122 Å². The van der Waals surface area contributed by atoms with Crippen LogP contribution in [0.3, 0.4) is 0 Å². The number of phosphoric ester groups is 2. The maximum absolute atomic E-state index is 13.0. The van der Waals surface area contributed by atoms with Gasteiger partial charge < -0.3 is 33.8 Å². The second-order valence-electron chi connectivity index (χ2n) is 25.2. The molecule has 0 fully saturated rings. The molecule has 94 heavy (non-hydrogen) atoms. The molecule has 0 aliphatic carbocycles. The molecule has 0 aromatic carbocycles. The third kappa shape index (κ3) is 67.3. The van der Waals surface area contributed by atoms with Crippen LogP contribution in [-0.4, -0.2) is 96.7 Å². The van der Waals surface area contributed by atoms with Crippen molar-refractivity contribution in [3.63, 3.8) is 0 Å². The molecule has 5 atom stereocenters. The summed E-state index contributed by atoms with van der Waals surface area (Å²) < 4.78 is 68.3. The minimum Gasteiger partial charge on any atom is -0.462 e. The number of aliphatic hydroxyl groups is 1. The first-order valence-corrected chi connectivity index (χ1v) is 40.5. The quantitative estimate of drug-likeness (QED) is 0.0169. The highest BCUT2D eigenvalue weighted by atomic mass is 31.2. The van der Waals surface area contributed by atoms with Crippen molar-refractivity contribution < 1.29 is 80.2 Å². The highest BCUT2D eigenvalue weighted by molar-refractivity contribution is 7.47. The van der Waals surface area contributed by atoms with Crippen LogP contribution in [-0.2, 0) is 65.4 Å².